The van der Waals surface area contributed by atoms with Crippen molar-refractivity contribution < 1.29 is 4.74 Å². The highest BCUT2D eigenvalue weighted by atomic mass is 127. The summed E-state index contributed by atoms with van der Waals surface area (Å²) in [5.74, 6) is 2.47. The molecule has 1 aromatic carbocycles. The summed E-state index contributed by atoms with van der Waals surface area (Å²) in [5.41, 5.74) is 7.84. The minimum absolute atomic E-state index is 0. The van der Waals surface area contributed by atoms with Gasteiger partial charge in [0.25, 0.3) is 0 Å². The molecule has 126 valence electrons. The molecule has 0 aromatic heterocycles. The van der Waals surface area contributed by atoms with E-state index >= 15 is 0 Å². The van der Waals surface area contributed by atoms with Gasteiger partial charge in [-0.2, -0.15) is 0 Å². The number of para-hydroxylation sites is 1. The van der Waals surface area contributed by atoms with Gasteiger partial charge >= 0.3 is 0 Å². The van der Waals surface area contributed by atoms with Crippen molar-refractivity contribution in [2.24, 2.45) is 22.1 Å². The zero-order valence-corrected chi connectivity index (χ0v) is 15.8. The van der Waals surface area contributed by atoms with E-state index in [9.17, 15) is 0 Å². The molecule has 1 heterocycles. The highest BCUT2D eigenvalue weighted by molar-refractivity contribution is 14.0. The highest BCUT2D eigenvalue weighted by Crippen LogP contribution is 2.57. The Morgan fingerprint density at radius 2 is 2.04 bits per heavy atom. The van der Waals surface area contributed by atoms with E-state index in [0.29, 0.717) is 11.4 Å². The number of halogens is 1. The second kappa shape index (κ2) is 6.87. The van der Waals surface area contributed by atoms with Gasteiger partial charge in [-0.3, -0.25) is 4.99 Å². The van der Waals surface area contributed by atoms with Crippen LogP contribution in [0.5, 0.6) is 5.75 Å². The minimum atomic E-state index is 0. The van der Waals surface area contributed by atoms with Gasteiger partial charge in [0.2, 0.25) is 0 Å². The molecule has 2 aliphatic carbocycles. The van der Waals surface area contributed by atoms with Crippen LogP contribution < -0.4 is 15.8 Å². The Morgan fingerprint density at radius 1 is 1.26 bits per heavy atom. The Balaban J connectivity index is 0.00000156. The normalized spacial score (nSPS) is 25.4. The monoisotopic (exact) mass is 427 g/mol. The Bertz CT molecular complexity index is 581. The molecule has 1 atom stereocenters. The molecular weight excluding hydrogens is 401 g/mol. The average molecular weight is 427 g/mol. The summed E-state index contributed by atoms with van der Waals surface area (Å²) >= 11 is 0. The maximum absolute atomic E-state index is 6.17. The lowest BCUT2D eigenvalue weighted by molar-refractivity contribution is 0.113. The van der Waals surface area contributed by atoms with Crippen LogP contribution >= 0.6 is 24.0 Å². The van der Waals surface area contributed by atoms with Crippen LogP contribution in [0.4, 0.5) is 0 Å². The summed E-state index contributed by atoms with van der Waals surface area (Å²) in [6.45, 7) is 1.63. The van der Waals surface area contributed by atoms with E-state index in [2.05, 4.69) is 16.4 Å². The Morgan fingerprint density at radius 3 is 2.74 bits per heavy atom. The molecule has 2 fully saturated rings. The lowest BCUT2D eigenvalue weighted by Gasteiger charge is -2.41. The van der Waals surface area contributed by atoms with E-state index in [1.54, 1.807) is 0 Å². The lowest BCUT2D eigenvalue weighted by atomic mass is 9.65. The van der Waals surface area contributed by atoms with Gasteiger partial charge in [0.05, 0.1) is 12.6 Å². The van der Waals surface area contributed by atoms with Crippen LogP contribution in [0.1, 0.15) is 50.1 Å². The molecule has 2 saturated carbocycles. The van der Waals surface area contributed by atoms with Crippen molar-refractivity contribution in [2.75, 3.05) is 13.2 Å². The first-order valence-corrected chi connectivity index (χ1v) is 8.55. The van der Waals surface area contributed by atoms with Crippen molar-refractivity contribution in [1.29, 1.82) is 0 Å². The van der Waals surface area contributed by atoms with Crippen molar-refractivity contribution in [2.45, 2.75) is 44.6 Å². The van der Waals surface area contributed by atoms with Gasteiger partial charge in [0, 0.05) is 18.5 Å². The molecule has 4 nitrogen and oxygen atoms in total. The Hall–Kier alpha value is -0.980. The Kier molecular flexibility index (Phi) is 5.04. The molecule has 0 amide bonds. The molecule has 0 bridgehead atoms. The molecule has 0 saturated heterocycles. The van der Waals surface area contributed by atoms with Crippen LogP contribution in [0.25, 0.3) is 0 Å². The second-order valence-electron chi connectivity index (χ2n) is 7.06. The molecule has 3 N–H and O–H groups in total. The Labute approximate surface area is 155 Å². The maximum atomic E-state index is 6.17. The van der Waals surface area contributed by atoms with Crippen molar-refractivity contribution in [3.05, 3.63) is 29.8 Å². The molecule has 1 unspecified atom stereocenters. The first kappa shape index (κ1) is 16.9. The average Bonchev–Trinajstić information content (AvgIpc) is 3.32. The summed E-state index contributed by atoms with van der Waals surface area (Å²) in [4.78, 5) is 4.69. The maximum Gasteiger partial charge on any atom is 0.189 e. The first-order chi connectivity index (χ1) is 10.8. The number of hydrogen-bond donors (Lipinski definition) is 2. The molecular formula is C18H26IN3O. The summed E-state index contributed by atoms with van der Waals surface area (Å²) in [6, 6.07) is 8.40. The number of ether oxygens (including phenoxy) is 1. The smallest absolute Gasteiger partial charge is 0.189 e. The molecule has 4 rings (SSSR count). The second-order valence-corrected chi connectivity index (χ2v) is 7.06. The van der Waals surface area contributed by atoms with Crippen LogP contribution in [0, 0.1) is 11.3 Å². The standard InChI is InChI=1S/C18H25N3O.HI/c19-17(20-12-18(9-3-10-18)13-6-7-13)21-15-8-11-22-16-5-2-1-4-14(15)16;/h1-2,4-5,13,15H,3,6-12H2,(H3,19,20,21);1H. The van der Waals surface area contributed by atoms with E-state index < -0.39 is 0 Å². The molecule has 1 aromatic rings. The van der Waals surface area contributed by atoms with Crippen molar-refractivity contribution >= 4 is 29.9 Å². The van der Waals surface area contributed by atoms with Gasteiger partial charge in [-0.05, 0) is 43.1 Å². The number of nitrogens with two attached hydrogens (primary N) is 1. The fourth-order valence-corrected chi connectivity index (χ4v) is 3.98. The number of fused-ring (bicyclic) bond motifs is 1. The van der Waals surface area contributed by atoms with Crippen LogP contribution in [0.15, 0.2) is 29.3 Å². The summed E-state index contributed by atoms with van der Waals surface area (Å²) in [6.07, 6.45) is 7.78. The van der Waals surface area contributed by atoms with Gasteiger partial charge in [-0.1, -0.05) is 24.6 Å². The lowest BCUT2D eigenvalue weighted by Crippen LogP contribution is -2.40. The molecule has 3 aliphatic rings. The van der Waals surface area contributed by atoms with Gasteiger partial charge in [0.15, 0.2) is 5.96 Å². The third-order valence-corrected chi connectivity index (χ3v) is 5.64. The van der Waals surface area contributed by atoms with E-state index in [-0.39, 0.29) is 30.0 Å². The fourth-order valence-electron chi connectivity index (χ4n) is 3.98. The number of benzene rings is 1. The fraction of sp³-hybridized carbons (Fsp3) is 0.611. The molecule has 0 spiro atoms. The number of guanidine groups is 1. The van der Waals surface area contributed by atoms with E-state index in [0.717, 1.165) is 31.2 Å². The number of nitrogens with zero attached hydrogens (tertiary/aromatic N) is 1. The van der Waals surface area contributed by atoms with Crippen molar-refractivity contribution in [1.82, 2.24) is 5.32 Å². The zero-order chi connectivity index (χ0) is 15.0. The van der Waals surface area contributed by atoms with Gasteiger partial charge in [-0.25, -0.2) is 0 Å². The number of hydrogen-bond acceptors (Lipinski definition) is 2. The molecule has 5 heteroatoms. The summed E-state index contributed by atoms with van der Waals surface area (Å²) in [7, 11) is 0. The predicted octanol–water partition coefficient (Wildman–Crippen LogP) is 3.61. The van der Waals surface area contributed by atoms with Gasteiger partial charge in [-0.15, -0.1) is 24.0 Å². The predicted molar refractivity (Wildman–Crippen MR) is 103 cm³/mol. The summed E-state index contributed by atoms with van der Waals surface area (Å²) < 4.78 is 5.70. The third kappa shape index (κ3) is 3.44. The van der Waals surface area contributed by atoms with Crippen LogP contribution in [-0.2, 0) is 0 Å². The molecule has 0 radical (unpaired) electrons. The van der Waals surface area contributed by atoms with Crippen LogP contribution in [0.2, 0.25) is 0 Å². The minimum Gasteiger partial charge on any atom is -0.493 e. The summed E-state index contributed by atoms with van der Waals surface area (Å²) in [5, 5.41) is 3.40. The topological polar surface area (TPSA) is 59.6 Å². The molecule has 23 heavy (non-hydrogen) atoms. The first-order valence-electron chi connectivity index (χ1n) is 8.55. The quantitative estimate of drug-likeness (QED) is 0.439. The number of aliphatic imine (C=N–C) groups is 1. The van der Waals surface area contributed by atoms with Gasteiger partial charge in [0.1, 0.15) is 5.75 Å². The number of rotatable bonds is 4. The third-order valence-electron chi connectivity index (χ3n) is 5.64. The van der Waals surface area contributed by atoms with Gasteiger partial charge < -0.3 is 15.8 Å². The van der Waals surface area contributed by atoms with E-state index in [1.807, 2.05) is 18.2 Å². The zero-order valence-electron chi connectivity index (χ0n) is 13.5. The SMILES string of the molecule is I.NC(=NCC1(C2CC2)CCC1)NC1CCOc2ccccc21. The number of nitrogens with one attached hydrogen (secondary N) is 1. The highest BCUT2D eigenvalue weighted by Gasteiger charge is 2.48. The van der Waals surface area contributed by atoms with Crippen LogP contribution in [-0.4, -0.2) is 19.1 Å². The van der Waals surface area contributed by atoms with Crippen molar-refractivity contribution in [3.63, 3.8) is 0 Å². The van der Waals surface area contributed by atoms with E-state index in [4.69, 9.17) is 10.5 Å². The van der Waals surface area contributed by atoms with E-state index in [1.165, 1.54) is 37.7 Å². The molecule has 1 aliphatic heterocycles. The van der Waals surface area contributed by atoms with Crippen LogP contribution in [0.3, 0.4) is 0 Å². The van der Waals surface area contributed by atoms with Crippen molar-refractivity contribution in [3.8, 4) is 5.75 Å². The largest absolute Gasteiger partial charge is 0.493 e.